The van der Waals surface area contributed by atoms with Crippen molar-refractivity contribution in [3.8, 4) is 22.3 Å². The van der Waals surface area contributed by atoms with Gasteiger partial charge in [0.15, 0.2) is 0 Å². The van der Waals surface area contributed by atoms with Crippen molar-refractivity contribution >= 4 is 44.6 Å². The fraction of sp³-hybridized carbons (Fsp3) is 0.0816. The van der Waals surface area contributed by atoms with Gasteiger partial charge in [-0.15, -0.1) is 0 Å². The monoisotopic (exact) mass is 684 g/mol. The quantitative estimate of drug-likeness (QED) is 0.103. The van der Waals surface area contributed by atoms with Crippen molar-refractivity contribution < 1.29 is 0 Å². The Labute approximate surface area is 310 Å². The predicted octanol–water partition coefficient (Wildman–Crippen LogP) is 11.5. The summed E-state index contributed by atoms with van der Waals surface area (Å²) in [5, 5.41) is 2.29. The second-order valence-electron chi connectivity index (χ2n) is 13.8. The first kappa shape index (κ1) is 32.3. The van der Waals surface area contributed by atoms with E-state index in [4.69, 9.17) is 10.7 Å². The Morgan fingerprint density at radius 1 is 0.698 bits per heavy atom. The van der Waals surface area contributed by atoms with Crippen LogP contribution in [0.4, 0.5) is 5.69 Å². The van der Waals surface area contributed by atoms with Gasteiger partial charge in [-0.25, -0.2) is 4.99 Å². The van der Waals surface area contributed by atoms with Gasteiger partial charge in [-0.3, -0.25) is 4.57 Å². The zero-order chi connectivity index (χ0) is 35.9. The standard InChI is InChI=1S/C49H40N4/c1-3-52-45-18-9-7-16-41(45)43-31-39(24-26-46(43)52)40-25-27-48-44(32-40)42-17-8-10-19-47(42)53(48)49(50)51-29-28-33(2)37-14-11-15-38(30-37)36-22-20-35(21-23-36)34-12-5-4-6-13-34/h4-32,43,46H,2-3H2,1H3,(H2,50,51)/b29-28-. The van der Waals surface area contributed by atoms with Crippen molar-refractivity contribution in [1.29, 1.82) is 0 Å². The van der Waals surface area contributed by atoms with E-state index in [1.54, 1.807) is 6.20 Å². The molecule has 1 aromatic heterocycles. The van der Waals surface area contributed by atoms with E-state index in [2.05, 4.69) is 181 Å². The summed E-state index contributed by atoms with van der Waals surface area (Å²) in [5.74, 6) is 0.739. The Kier molecular flexibility index (Phi) is 8.21. The van der Waals surface area contributed by atoms with E-state index in [0.717, 1.165) is 50.6 Å². The Hall–Kier alpha value is -6.65. The van der Waals surface area contributed by atoms with Crippen LogP contribution < -0.4 is 10.6 Å². The summed E-state index contributed by atoms with van der Waals surface area (Å²) < 4.78 is 2.05. The third-order valence-corrected chi connectivity index (χ3v) is 10.8. The van der Waals surface area contributed by atoms with Gasteiger partial charge in [0.05, 0.1) is 17.1 Å². The van der Waals surface area contributed by atoms with Crippen molar-refractivity contribution in [2.45, 2.75) is 18.9 Å². The lowest BCUT2D eigenvalue weighted by Gasteiger charge is -2.28. The van der Waals surface area contributed by atoms with Gasteiger partial charge < -0.3 is 10.6 Å². The molecule has 1 aliphatic heterocycles. The number of para-hydroxylation sites is 2. The number of fused-ring (bicyclic) bond motifs is 6. The molecular formula is C49H40N4. The Morgan fingerprint density at radius 3 is 2.21 bits per heavy atom. The molecule has 0 amide bonds. The van der Waals surface area contributed by atoms with Gasteiger partial charge in [-0.1, -0.05) is 140 Å². The van der Waals surface area contributed by atoms with Crippen molar-refractivity contribution in [2.75, 3.05) is 11.4 Å². The summed E-state index contributed by atoms with van der Waals surface area (Å²) in [6.45, 7) is 7.58. The molecule has 53 heavy (non-hydrogen) atoms. The number of nitrogens with zero attached hydrogens (tertiary/aromatic N) is 3. The maximum absolute atomic E-state index is 6.77. The molecule has 0 saturated heterocycles. The van der Waals surface area contributed by atoms with Crippen LogP contribution in [0.2, 0.25) is 0 Å². The molecule has 4 nitrogen and oxygen atoms in total. The number of aliphatic imine (C=N–C) groups is 1. The first-order valence-electron chi connectivity index (χ1n) is 18.3. The molecule has 0 radical (unpaired) electrons. The minimum absolute atomic E-state index is 0.335. The number of hydrogen-bond acceptors (Lipinski definition) is 2. The maximum Gasteiger partial charge on any atom is 0.205 e. The molecule has 0 fully saturated rings. The Bertz CT molecular complexity index is 2640. The van der Waals surface area contributed by atoms with E-state index in [1.807, 2.05) is 12.1 Å². The van der Waals surface area contributed by atoms with Crippen LogP contribution in [-0.4, -0.2) is 23.1 Å². The SMILES string of the molecule is C=C(/C=C\N=C(/N)n1c2ccccc2c2cc(C3=CC4c5ccccc5N(CC)C4C=C3)ccc21)c1cccc(-c2ccc(-c3ccccc3)cc2)c1. The number of allylic oxidation sites excluding steroid dienone is 4. The molecule has 0 spiro atoms. The van der Waals surface area contributed by atoms with Crippen molar-refractivity contribution in [3.63, 3.8) is 0 Å². The number of aromatic nitrogens is 1. The fourth-order valence-electron chi connectivity index (χ4n) is 8.15. The molecule has 9 rings (SSSR count). The van der Waals surface area contributed by atoms with Crippen LogP contribution in [0.25, 0.3) is 55.2 Å². The van der Waals surface area contributed by atoms with Gasteiger partial charge >= 0.3 is 0 Å². The molecule has 2 aliphatic rings. The van der Waals surface area contributed by atoms with Crippen LogP contribution in [-0.2, 0) is 0 Å². The van der Waals surface area contributed by atoms with E-state index in [-0.39, 0.29) is 0 Å². The summed E-state index contributed by atoms with van der Waals surface area (Å²) in [6.07, 6.45) is 10.8. The summed E-state index contributed by atoms with van der Waals surface area (Å²) in [4.78, 5) is 7.23. The van der Waals surface area contributed by atoms with Crippen LogP contribution >= 0.6 is 0 Å². The third kappa shape index (κ3) is 5.79. The Morgan fingerprint density at radius 2 is 1.38 bits per heavy atom. The number of anilines is 1. The molecule has 0 saturated carbocycles. The topological polar surface area (TPSA) is 46.5 Å². The highest BCUT2D eigenvalue weighted by Crippen LogP contribution is 2.46. The molecule has 6 aromatic carbocycles. The lowest BCUT2D eigenvalue weighted by atomic mass is 9.86. The largest absolute Gasteiger partial charge is 0.369 e. The van der Waals surface area contributed by atoms with Crippen LogP contribution in [0.5, 0.6) is 0 Å². The smallest absolute Gasteiger partial charge is 0.205 e. The molecule has 2 heterocycles. The molecule has 2 N–H and O–H groups in total. The van der Waals surface area contributed by atoms with Crippen LogP contribution in [0, 0.1) is 0 Å². The molecule has 1 aliphatic carbocycles. The highest BCUT2D eigenvalue weighted by Gasteiger charge is 2.36. The average molecular weight is 685 g/mol. The zero-order valence-corrected chi connectivity index (χ0v) is 29.7. The lowest BCUT2D eigenvalue weighted by molar-refractivity contribution is 0.690. The van der Waals surface area contributed by atoms with Crippen molar-refractivity contribution in [2.24, 2.45) is 10.7 Å². The van der Waals surface area contributed by atoms with Crippen LogP contribution in [0.15, 0.2) is 188 Å². The van der Waals surface area contributed by atoms with E-state index in [1.165, 1.54) is 33.5 Å². The molecule has 256 valence electrons. The normalized spacial score (nSPS) is 16.7. The van der Waals surface area contributed by atoms with Crippen molar-refractivity contribution in [3.05, 3.63) is 199 Å². The van der Waals surface area contributed by atoms with E-state index >= 15 is 0 Å². The molecule has 2 atom stereocenters. The lowest BCUT2D eigenvalue weighted by Crippen LogP contribution is -2.32. The minimum atomic E-state index is 0.335. The van der Waals surface area contributed by atoms with E-state index < -0.39 is 0 Å². The van der Waals surface area contributed by atoms with Crippen LogP contribution in [0.3, 0.4) is 0 Å². The van der Waals surface area contributed by atoms with Gasteiger partial charge in [0, 0.05) is 35.1 Å². The van der Waals surface area contributed by atoms with Gasteiger partial charge in [0.2, 0.25) is 5.96 Å². The summed E-state index contributed by atoms with van der Waals surface area (Å²) in [5.41, 5.74) is 20.6. The molecule has 2 unspecified atom stereocenters. The van der Waals surface area contributed by atoms with Gasteiger partial charge in [0.25, 0.3) is 0 Å². The van der Waals surface area contributed by atoms with E-state index in [0.29, 0.717) is 17.9 Å². The van der Waals surface area contributed by atoms with Gasteiger partial charge in [0.1, 0.15) is 0 Å². The summed E-state index contributed by atoms with van der Waals surface area (Å²) in [6, 6.07) is 51.9. The van der Waals surface area contributed by atoms with E-state index in [9.17, 15) is 0 Å². The van der Waals surface area contributed by atoms with Crippen LogP contribution in [0.1, 0.15) is 29.5 Å². The summed E-state index contributed by atoms with van der Waals surface area (Å²) >= 11 is 0. The second-order valence-corrected chi connectivity index (χ2v) is 13.8. The molecule has 0 bridgehead atoms. The third-order valence-electron chi connectivity index (χ3n) is 10.8. The fourth-order valence-corrected chi connectivity index (χ4v) is 8.15. The Balaban J connectivity index is 0.981. The number of likely N-dealkylation sites (N-methyl/N-ethyl adjacent to an activating group) is 1. The van der Waals surface area contributed by atoms with Crippen molar-refractivity contribution in [1.82, 2.24) is 4.57 Å². The highest BCUT2D eigenvalue weighted by atomic mass is 15.2. The zero-order valence-electron chi connectivity index (χ0n) is 29.7. The van der Waals surface area contributed by atoms with Gasteiger partial charge in [-0.05, 0) is 93.4 Å². The second kappa shape index (κ2) is 13.5. The first-order valence-corrected chi connectivity index (χ1v) is 18.3. The molecule has 7 aromatic rings. The minimum Gasteiger partial charge on any atom is -0.369 e. The summed E-state index contributed by atoms with van der Waals surface area (Å²) in [7, 11) is 0. The number of nitrogens with two attached hydrogens (primary N) is 1. The van der Waals surface area contributed by atoms with Gasteiger partial charge in [-0.2, -0.15) is 0 Å². The number of hydrogen-bond donors (Lipinski definition) is 1. The molecule has 4 heteroatoms. The number of benzene rings is 6. The number of rotatable bonds is 7. The first-order chi connectivity index (χ1) is 26.1. The maximum atomic E-state index is 6.77. The highest BCUT2D eigenvalue weighted by molar-refractivity contribution is 6.14. The molecular weight excluding hydrogens is 645 g/mol. The average Bonchev–Trinajstić information content (AvgIpc) is 3.73. The predicted molar refractivity (Wildman–Crippen MR) is 225 cm³/mol.